The SMILES string of the molecule is CCC1OCCC1CN1CCCC(NC)C1=O. The molecule has 0 aliphatic carbocycles. The van der Waals surface area contributed by atoms with Gasteiger partial charge in [-0.05, 0) is 32.7 Å². The van der Waals surface area contributed by atoms with Crippen molar-refractivity contribution in [3.63, 3.8) is 0 Å². The molecule has 2 fully saturated rings. The van der Waals surface area contributed by atoms with Crippen LogP contribution in [0.25, 0.3) is 0 Å². The summed E-state index contributed by atoms with van der Waals surface area (Å²) in [5.74, 6) is 0.819. The van der Waals surface area contributed by atoms with Crippen LogP contribution in [0, 0.1) is 5.92 Å². The summed E-state index contributed by atoms with van der Waals surface area (Å²) in [7, 11) is 1.87. The Labute approximate surface area is 104 Å². The number of hydrogen-bond donors (Lipinski definition) is 1. The van der Waals surface area contributed by atoms with E-state index in [2.05, 4.69) is 12.2 Å². The van der Waals surface area contributed by atoms with Crippen LogP contribution in [-0.2, 0) is 9.53 Å². The lowest BCUT2D eigenvalue weighted by Crippen LogP contribution is -2.51. The standard InChI is InChI=1S/C13H24N2O2/c1-3-12-10(6-8-17-12)9-15-7-4-5-11(14-2)13(15)16/h10-12,14H,3-9H2,1-2H3. The minimum Gasteiger partial charge on any atom is -0.378 e. The molecule has 3 atom stereocenters. The summed E-state index contributed by atoms with van der Waals surface area (Å²) in [5.41, 5.74) is 0. The number of ether oxygens (including phenoxy) is 1. The fraction of sp³-hybridized carbons (Fsp3) is 0.923. The molecule has 1 amide bonds. The molecule has 1 N–H and O–H groups in total. The molecule has 2 heterocycles. The van der Waals surface area contributed by atoms with Crippen LogP contribution in [0.3, 0.4) is 0 Å². The second-order valence-electron chi connectivity index (χ2n) is 5.13. The molecule has 0 aromatic heterocycles. The van der Waals surface area contributed by atoms with Gasteiger partial charge in [-0.2, -0.15) is 0 Å². The van der Waals surface area contributed by atoms with Gasteiger partial charge < -0.3 is 15.0 Å². The summed E-state index contributed by atoms with van der Waals surface area (Å²) in [6.45, 7) is 4.83. The second-order valence-corrected chi connectivity index (χ2v) is 5.13. The molecule has 98 valence electrons. The maximum Gasteiger partial charge on any atom is 0.239 e. The molecule has 4 nitrogen and oxygen atoms in total. The maximum atomic E-state index is 12.2. The predicted molar refractivity (Wildman–Crippen MR) is 66.8 cm³/mol. The molecular formula is C13H24N2O2. The van der Waals surface area contributed by atoms with E-state index in [4.69, 9.17) is 4.74 Å². The van der Waals surface area contributed by atoms with Crippen LogP contribution in [0.15, 0.2) is 0 Å². The number of rotatable bonds is 4. The number of likely N-dealkylation sites (tertiary alicyclic amines) is 1. The summed E-state index contributed by atoms with van der Waals surface area (Å²) < 4.78 is 5.69. The van der Waals surface area contributed by atoms with Crippen molar-refractivity contribution in [1.29, 1.82) is 0 Å². The van der Waals surface area contributed by atoms with Gasteiger partial charge in [0.05, 0.1) is 12.1 Å². The van der Waals surface area contributed by atoms with Gasteiger partial charge in [0.15, 0.2) is 0 Å². The Balaban J connectivity index is 1.91. The first-order valence-electron chi connectivity index (χ1n) is 6.84. The summed E-state index contributed by atoms with van der Waals surface area (Å²) in [6, 6.07) is 0.0335. The van der Waals surface area contributed by atoms with E-state index in [0.29, 0.717) is 12.0 Å². The highest BCUT2D eigenvalue weighted by Crippen LogP contribution is 2.25. The Morgan fingerprint density at radius 3 is 3.00 bits per heavy atom. The Bertz CT molecular complexity index is 270. The highest BCUT2D eigenvalue weighted by Gasteiger charge is 2.33. The Morgan fingerprint density at radius 1 is 1.47 bits per heavy atom. The number of carbonyl (C=O) groups is 1. The molecule has 3 unspecified atom stereocenters. The van der Waals surface area contributed by atoms with Gasteiger partial charge in [-0.25, -0.2) is 0 Å². The van der Waals surface area contributed by atoms with E-state index < -0.39 is 0 Å². The van der Waals surface area contributed by atoms with E-state index in [9.17, 15) is 4.79 Å². The van der Waals surface area contributed by atoms with Crippen LogP contribution in [0.4, 0.5) is 0 Å². The minimum absolute atomic E-state index is 0.0335. The van der Waals surface area contributed by atoms with Crippen molar-refractivity contribution < 1.29 is 9.53 Å². The molecule has 2 aliphatic heterocycles. The normalized spacial score (nSPS) is 34.4. The third kappa shape index (κ3) is 2.80. The predicted octanol–water partition coefficient (Wildman–Crippen LogP) is 1.01. The van der Waals surface area contributed by atoms with E-state index in [1.54, 1.807) is 0 Å². The fourth-order valence-corrected chi connectivity index (χ4v) is 3.03. The number of piperidine rings is 1. The Hall–Kier alpha value is -0.610. The molecule has 4 heteroatoms. The average Bonchev–Trinajstić information content (AvgIpc) is 2.79. The molecule has 0 aromatic carbocycles. The first-order chi connectivity index (χ1) is 8.26. The van der Waals surface area contributed by atoms with Crippen LogP contribution in [-0.4, -0.2) is 49.7 Å². The lowest BCUT2D eigenvalue weighted by Gasteiger charge is -2.34. The number of likely N-dealkylation sites (N-methyl/N-ethyl adjacent to an activating group) is 1. The van der Waals surface area contributed by atoms with Gasteiger partial charge >= 0.3 is 0 Å². The second kappa shape index (κ2) is 5.83. The van der Waals surface area contributed by atoms with Gasteiger partial charge in [-0.15, -0.1) is 0 Å². The van der Waals surface area contributed by atoms with E-state index in [-0.39, 0.29) is 11.9 Å². The summed E-state index contributed by atoms with van der Waals surface area (Å²) in [6.07, 6.45) is 4.61. The van der Waals surface area contributed by atoms with Crippen molar-refractivity contribution in [3.05, 3.63) is 0 Å². The number of nitrogens with one attached hydrogen (secondary N) is 1. The summed E-state index contributed by atoms with van der Waals surface area (Å²) in [4.78, 5) is 14.2. The van der Waals surface area contributed by atoms with Crippen molar-refractivity contribution in [3.8, 4) is 0 Å². The van der Waals surface area contributed by atoms with Gasteiger partial charge in [0.25, 0.3) is 0 Å². The van der Waals surface area contributed by atoms with E-state index >= 15 is 0 Å². The van der Waals surface area contributed by atoms with Crippen molar-refractivity contribution >= 4 is 5.91 Å². The fourth-order valence-electron chi connectivity index (χ4n) is 3.03. The van der Waals surface area contributed by atoms with Crippen molar-refractivity contribution in [2.75, 3.05) is 26.7 Å². The third-order valence-electron chi connectivity index (χ3n) is 4.08. The summed E-state index contributed by atoms with van der Waals surface area (Å²) in [5, 5.41) is 3.11. The maximum absolute atomic E-state index is 12.2. The Kier molecular flexibility index (Phi) is 4.40. The average molecular weight is 240 g/mol. The van der Waals surface area contributed by atoms with Gasteiger partial charge in [0, 0.05) is 25.6 Å². The molecule has 2 saturated heterocycles. The van der Waals surface area contributed by atoms with E-state index in [1.165, 1.54) is 0 Å². The smallest absolute Gasteiger partial charge is 0.239 e. The molecule has 17 heavy (non-hydrogen) atoms. The van der Waals surface area contributed by atoms with Crippen LogP contribution >= 0.6 is 0 Å². The monoisotopic (exact) mass is 240 g/mol. The first kappa shape index (κ1) is 12.8. The quantitative estimate of drug-likeness (QED) is 0.797. The number of nitrogens with zero attached hydrogens (tertiary/aromatic N) is 1. The highest BCUT2D eigenvalue weighted by molar-refractivity contribution is 5.82. The van der Waals surface area contributed by atoms with Crippen LogP contribution in [0.1, 0.15) is 32.6 Å². The van der Waals surface area contributed by atoms with Crippen LogP contribution in [0.2, 0.25) is 0 Å². The molecule has 0 radical (unpaired) electrons. The number of amides is 1. The van der Waals surface area contributed by atoms with Gasteiger partial charge in [0.1, 0.15) is 0 Å². The van der Waals surface area contributed by atoms with Gasteiger partial charge in [-0.1, -0.05) is 6.92 Å². The number of carbonyl (C=O) groups excluding carboxylic acids is 1. The first-order valence-corrected chi connectivity index (χ1v) is 6.84. The zero-order valence-electron chi connectivity index (χ0n) is 10.9. The van der Waals surface area contributed by atoms with Crippen molar-refractivity contribution in [1.82, 2.24) is 10.2 Å². The van der Waals surface area contributed by atoms with Gasteiger partial charge in [-0.3, -0.25) is 4.79 Å². The zero-order chi connectivity index (χ0) is 12.3. The lowest BCUT2D eigenvalue weighted by atomic mass is 9.96. The van der Waals surface area contributed by atoms with E-state index in [1.807, 2.05) is 11.9 Å². The summed E-state index contributed by atoms with van der Waals surface area (Å²) >= 11 is 0. The minimum atomic E-state index is 0.0335. The molecule has 2 rings (SSSR count). The van der Waals surface area contributed by atoms with Crippen molar-refractivity contribution in [2.24, 2.45) is 5.92 Å². The van der Waals surface area contributed by atoms with E-state index in [0.717, 1.165) is 45.4 Å². The molecular weight excluding hydrogens is 216 g/mol. The van der Waals surface area contributed by atoms with Crippen LogP contribution in [0.5, 0.6) is 0 Å². The highest BCUT2D eigenvalue weighted by atomic mass is 16.5. The molecule has 0 bridgehead atoms. The zero-order valence-corrected chi connectivity index (χ0v) is 10.9. The molecule has 0 saturated carbocycles. The topological polar surface area (TPSA) is 41.6 Å². The molecule has 2 aliphatic rings. The van der Waals surface area contributed by atoms with Crippen molar-refractivity contribution in [2.45, 2.75) is 44.8 Å². The third-order valence-corrected chi connectivity index (χ3v) is 4.08. The lowest BCUT2D eigenvalue weighted by molar-refractivity contribution is -0.136. The van der Waals surface area contributed by atoms with Gasteiger partial charge in [0.2, 0.25) is 5.91 Å². The molecule has 0 spiro atoms. The van der Waals surface area contributed by atoms with Crippen LogP contribution < -0.4 is 5.32 Å². The molecule has 0 aromatic rings. The number of hydrogen-bond acceptors (Lipinski definition) is 3. The Morgan fingerprint density at radius 2 is 2.29 bits per heavy atom. The largest absolute Gasteiger partial charge is 0.378 e.